The number of hydrogen-bond donors (Lipinski definition) is 1. The molecule has 1 aromatic heterocycles. The number of anilines is 2. The molecule has 0 unspecified atom stereocenters. The molecule has 118 valence electrons. The molecule has 0 saturated carbocycles. The lowest BCUT2D eigenvalue weighted by molar-refractivity contribution is 0.437. The highest BCUT2D eigenvalue weighted by atomic mass is 15.2. The second kappa shape index (κ2) is 6.15. The first-order valence-corrected chi connectivity index (χ1v) is 8.47. The summed E-state index contributed by atoms with van der Waals surface area (Å²) in [6.07, 6.45) is 2.53. The van der Waals surface area contributed by atoms with Gasteiger partial charge in [0.05, 0.1) is 11.4 Å². The van der Waals surface area contributed by atoms with Crippen molar-refractivity contribution in [3.05, 3.63) is 30.0 Å². The van der Waals surface area contributed by atoms with Crippen LogP contribution in [0, 0.1) is 12.8 Å². The molecule has 3 rings (SSSR count). The number of nitrogens with zero attached hydrogens (tertiary/aromatic N) is 2. The number of aromatic nitrogens is 1. The number of benzene rings is 1. The summed E-state index contributed by atoms with van der Waals surface area (Å²) in [6.45, 7) is 11.1. The van der Waals surface area contributed by atoms with Gasteiger partial charge in [-0.05, 0) is 39.5 Å². The molecular weight excluding hydrogens is 270 g/mol. The first kappa shape index (κ1) is 15.1. The van der Waals surface area contributed by atoms with E-state index in [9.17, 15) is 0 Å². The Morgan fingerprint density at radius 3 is 2.41 bits per heavy atom. The normalized spacial score (nSPS) is 16.5. The van der Waals surface area contributed by atoms with Gasteiger partial charge in [-0.2, -0.15) is 0 Å². The number of pyridine rings is 1. The first-order chi connectivity index (χ1) is 10.6. The van der Waals surface area contributed by atoms with Crippen LogP contribution < -0.4 is 10.2 Å². The zero-order chi connectivity index (χ0) is 15.7. The van der Waals surface area contributed by atoms with E-state index in [-0.39, 0.29) is 0 Å². The summed E-state index contributed by atoms with van der Waals surface area (Å²) in [5, 5.41) is 6.13. The molecule has 0 amide bonds. The van der Waals surface area contributed by atoms with E-state index in [0.717, 1.165) is 30.5 Å². The Kier molecular flexibility index (Phi) is 4.23. The van der Waals surface area contributed by atoms with E-state index in [2.05, 4.69) is 62.2 Å². The summed E-state index contributed by atoms with van der Waals surface area (Å²) >= 11 is 0. The number of hydrogen-bond acceptors (Lipinski definition) is 3. The second-order valence-electron chi connectivity index (χ2n) is 6.91. The molecule has 3 nitrogen and oxygen atoms in total. The highest BCUT2D eigenvalue weighted by molar-refractivity contribution is 6.01. The average molecular weight is 297 g/mol. The molecule has 1 aromatic carbocycles. The van der Waals surface area contributed by atoms with Crippen molar-refractivity contribution >= 4 is 22.3 Å². The van der Waals surface area contributed by atoms with Crippen molar-refractivity contribution < 1.29 is 0 Å². The van der Waals surface area contributed by atoms with Gasteiger partial charge < -0.3 is 10.2 Å². The van der Waals surface area contributed by atoms with E-state index < -0.39 is 0 Å². The smallest absolute Gasteiger partial charge is 0.136 e. The van der Waals surface area contributed by atoms with Crippen molar-refractivity contribution in [3.63, 3.8) is 0 Å². The van der Waals surface area contributed by atoms with Crippen molar-refractivity contribution in [1.82, 2.24) is 4.98 Å². The van der Waals surface area contributed by atoms with Crippen LogP contribution in [-0.2, 0) is 0 Å². The fourth-order valence-corrected chi connectivity index (χ4v) is 3.30. The predicted molar refractivity (Wildman–Crippen MR) is 95.8 cm³/mol. The van der Waals surface area contributed by atoms with Gasteiger partial charge in [-0.1, -0.05) is 31.2 Å². The summed E-state index contributed by atoms with van der Waals surface area (Å²) in [6, 6.07) is 9.07. The molecule has 2 heterocycles. The van der Waals surface area contributed by atoms with Crippen LogP contribution in [0.5, 0.6) is 0 Å². The number of aryl methyl sites for hydroxylation is 1. The minimum atomic E-state index is 0.408. The van der Waals surface area contributed by atoms with Gasteiger partial charge in [0.1, 0.15) is 5.82 Å². The molecule has 2 aromatic rings. The molecule has 1 aliphatic heterocycles. The van der Waals surface area contributed by atoms with E-state index in [4.69, 9.17) is 4.98 Å². The Morgan fingerprint density at radius 2 is 1.77 bits per heavy atom. The van der Waals surface area contributed by atoms with Crippen LogP contribution in [0.3, 0.4) is 0 Å². The highest BCUT2D eigenvalue weighted by Crippen LogP contribution is 2.34. The maximum absolute atomic E-state index is 4.97. The maximum atomic E-state index is 4.97. The monoisotopic (exact) mass is 297 g/mol. The van der Waals surface area contributed by atoms with Crippen LogP contribution in [0.1, 0.15) is 39.3 Å². The lowest BCUT2D eigenvalue weighted by Crippen LogP contribution is -2.33. The van der Waals surface area contributed by atoms with Gasteiger partial charge in [-0.15, -0.1) is 0 Å². The number of fused-ring (bicyclic) bond motifs is 1. The third kappa shape index (κ3) is 2.90. The fourth-order valence-electron chi connectivity index (χ4n) is 3.30. The van der Waals surface area contributed by atoms with Crippen LogP contribution in [0.15, 0.2) is 24.3 Å². The van der Waals surface area contributed by atoms with Crippen molar-refractivity contribution in [2.75, 3.05) is 23.3 Å². The van der Waals surface area contributed by atoms with Gasteiger partial charge in [-0.25, -0.2) is 4.98 Å². The summed E-state index contributed by atoms with van der Waals surface area (Å²) in [7, 11) is 0. The third-order valence-corrected chi connectivity index (χ3v) is 4.59. The van der Waals surface area contributed by atoms with Gasteiger partial charge >= 0.3 is 0 Å². The number of piperidine rings is 1. The van der Waals surface area contributed by atoms with Crippen molar-refractivity contribution in [3.8, 4) is 0 Å². The Hall–Kier alpha value is -1.77. The lowest BCUT2D eigenvalue weighted by Gasteiger charge is -2.32. The minimum Gasteiger partial charge on any atom is -0.381 e. The molecule has 1 saturated heterocycles. The van der Waals surface area contributed by atoms with Crippen molar-refractivity contribution in [2.24, 2.45) is 5.92 Å². The van der Waals surface area contributed by atoms with E-state index in [1.807, 2.05) is 0 Å². The molecule has 0 aliphatic carbocycles. The Morgan fingerprint density at radius 1 is 1.14 bits per heavy atom. The van der Waals surface area contributed by atoms with Gasteiger partial charge in [0.25, 0.3) is 0 Å². The molecule has 1 aliphatic rings. The molecule has 0 bridgehead atoms. The van der Waals surface area contributed by atoms with Crippen LogP contribution >= 0.6 is 0 Å². The van der Waals surface area contributed by atoms with Crippen LogP contribution in [0.4, 0.5) is 11.5 Å². The molecule has 1 N–H and O–H groups in total. The highest BCUT2D eigenvalue weighted by Gasteiger charge is 2.20. The van der Waals surface area contributed by atoms with Crippen LogP contribution in [0.2, 0.25) is 0 Å². The minimum absolute atomic E-state index is 0.408. The Labute approximate surface area is 133 Å². The topological polar surface area (TPSA) is 28.2 Å². The maximum Gasteiger partial charge on any atom is 0.136 e. The first-order valence-electron chi connectivity index (χ1n) is 8.47. The van der Waals surface area contributed by atoms with E-state index >= 15 is 0 Å². The molecule has 0 spiro atoms. The molecule has 3 heteroatoms. The van der Waals surface area contributed by atoms with Gasteiger partial charge in [-0.3, -0.25) is 0 Å². The molecule has 0 atom stereocenters. The Bertz CT molecular complexity index is 655. The molecular formula is C19H27N3. The number of rotatable bonds is 3. The largest absolute Gasteiger partial charge is 0.381 e. The number of nitrogens with one attached hydrogen (secondary N) is 1. The van der Waals surface area contributed by atoms with Crippen LogP contribution in [0.25, 0.3) is 10.8 Å². The van der Waals surface area contributed by atoms with Crippen molar-refractivity contribution in [2.45, 2.75) is 46.6 Å². The molecule has 1 fully saturated rings. The van der Waals surface area contributed by atoms with Gasteiger partial charge in [0.15, 0.2) is 0 Å². The van der Waals surface area contributed by atoms with E-state index in [1.165, 1.54) is 29.3 Å². The second-order valence-corrected chi connectivity index (χ2v) is 6.91. The average Bonchev–Trinajstić information content (AvgIpc) is 2.50. The van der Waals surface area contributed by atoms with E-state index in [0.29, 0.717) is 6.04 Å². The zero-order valence-electron chi connectivity index (χ0n) is 14.2. The van der Waals surface area contributed by atoms with Gasteiger partial charge in [0.2, 0.25) is 0 Å². The Balaban J connectivity index is 2.08. The molecule has 22 heavy (non-hydrogen) atoms. The molecule has 0 radical (unpaired) electrons. The summed E-state index contributed by atoms with van der Waals surface area (Å²) in [4.78, 5) is 7.43. The fraction of sp³-hybridized carbons (Fsp3) is 0.526. The summed E-state index contributed by atoms with van der Waals surface area (Å²) in [5.74, 6) is 2.00. The van der Waals surface area contributed by atoms with Gasteiger partial charge in [0, 0.05) is 29.9 Å². The van der Waals surface area contributed by atoms with Crippen LogP contribution in [-0.4, -0.2) is 24.1 Å². The standard InChI is InChI=1S/C19H27N3/c1-13(2)20-18-15(4)21-19(17-8-6-5-7-16(17)18)22-11-9-14(3)10-12-22/h5-8,13-14,20H,9-12H2,1-4H3. The van der Waals surface area contributed by atoms with E-state index in [1.54, 1.807) is 0 Å². The summed E-state index contributed by atoms with van der Waals surface area (Å²) in [5.41, 5.74) is 2.28. The van der Waals surface area contributed by atoms with Crippen molar-refractivity contribution in [1.29, 1.82) is 0 Å². The SMILES string of the molecule is Cc1nc(N2CCC(C)CC2)c2ccccc2c1NC(C)C. The zero-order valence-corrected chi connectivity index (χ0v) is 14.2. The lowest BCUT2D eigenvalue weighted by atomic mass is 9.98. The predicted octanol–water partition coefficient (Wildman–Crippen LogP) is 4.60. The summed E-state index contributed by atoms with van der Waals surface area (Å²) < 4.78 is 0. The third-order valence-electron chi connectivity index (χ3n) is 4.59. The quantitative estimate of drug-likeness (QED) is 0.897.